The van der Waals surface area contributed by atoms with Crippen molar-refractivity contribution in [3.63, 3.8) is 0 Å². The summed E-state index contributed by atoms with van der Waals surface area (Å²) in [6, 6.07) is 9.48. The lowest BCUT2D eigenvalue weighted by Crippen LogP contribution is -2.05. The molecule has 0 saturated carbocycles. The molecule has 0 radical (unpaired) electrons. The summed E-state index contributed by atoms with van der Waals surface area (Å²) in [7, 11) is 0. The van der Waals surface area contributed by atoms with Crippen molar-refractivity contribution in [3.05, 3.63) is 46.5 Å². The highest BCUT2D eigenvalue weighted by molar-refractivity contribution is 7.17. The van der Waals surface area contributed by atoms with Gasteiger partial charge in [0.15, 0.2) is 5.13 Å². The van der Waals surface area contributed by atoms with E-state index in [0.717, 1.165) is 16.9 Å². The van der Waals surface area contributed by atoms with Crippen molar-refractivity contribution in [1.82, 2.24) is 4.98 Å². The molecule has 98 valence electrons. The van der Waals surface area contributed by atoms with E-state index in [1.807, 2.05) is 30.3 Å². The van der Waals surface area contributed by atoms with E-state index in [0.29, 0.717) is 17.2 Å². The Labute approximate surface area is 113 Å². The molecule has 0 aliphatic carbocycles. The lowest BCUT2D eigenvalue weighted by Gasteiger charge is -1.99. The standard InChI is InChI=1S/C13H12N2O3S/c1-8(16)14-13-15-10(11(19-13)12(17)18)7-9-5-3-2-4-6-9/h2-6H,7H2,1H3,(H,17,18)(H,14,15,16). The maximum absolute atomic E-state index is 11.2. The predicted octanol–water partition coefficient (Wildman–Crippen LogP) is 2.39. The largest absolute Gasteiger partial charge is 0.477 e. The number of hydrogen-bond donors (Lipinski definition) is 2. The minimum Gasteiger partial charge on any atom is -0.477 e. The molecule has 6 heteroatoms. The van der Waals surface area contributed by atoms with Gasteiger partial charge in [0.05, 0.1) is 5.69 Å². The normalized spacial score (nSPS) is 10.2. The molecule has 0 aliphatic heterocycles. The highest BCUT2D eigenvalue weighted by Crippen LogP contribution is 2.25. The fourth-order valence-electron chi connectivity index (χ4n) is 1.63. The summed E-state index contributed by atoms with van der Waals surface area (Å²) in [5, 5.41) is 12.0. The van der Waals surface area contributed by atoms with Gasteiger partial charge in [0, 0.05) is 13.3 Å². The molecule has 2 N–H and O–H groups in total. The Balaban J connectivity index is 2.30. The number of aromatic nitrogens is 1. The third kappa shape index (κ3) is 3.38. The molecule has 0 bridgehead atoms. The first kappa shape index (κ1) is 13.2. The second-order valence-corrected chi connectivity index (χ2v) is 4.94. The first-order chi connectivity index (χ1) is 9.06. The van der Waals surface area contributed by atoms with Crippen LogP contribution in [-0.4, -0.2) is 22.0 Å². The minimum absolute atomic E-state index is 0.160. The van der Waals surface area contributed by atoms with E-state index >= 15 is 0 Å². The summed E-state index contributed by atoms with van der Waals surface area (Å²) in [6.07, 6.45) is 0.429. The molecule has 19 heavy (non-hydrogen) atoms. The number of hydrogen-bond acceptors (Lipinski definition) is 4. The van der Waals surface area contributed by atoms with E-state index in [1.165, 1.54) is 6.92 Å². The van der Waals surface area contributed by atoms with Crippen molar-refractivity contribution in [3.8, 4) is 0 Å². The molecular weight excluding hydrogens is 264 g/mol. The second-order valence-electron chi connectivity index (χ2n) is 3.94. The third-order valence-electron chi connectivity index (χ3n) is 2.39. The van der Waals surface area contributed by atoms with Gasteiger partial charge in [-0.25, -0.2) is 9.78 Å². The average molecular weight is 276 g/mol. The maximum Gasteiger partial charge on any atom is 0.347 e. The molecule has 0 spiro atoms. The van der Waals surface area contributed by atoms with Crippen LogP contribution in [0.25, 0.3) is 0 Å². The number of nitrogens with one attached hydrogen (secondary N) is 1. The van der Waals surface area contributed by atoms with Crippen molar-refractivity contribution in [2.24, 2.45) is 0 Å². The van der Waals surface area contributed by atoms with E-state index in [1.54, 1.807) is 0 Å². The number of carboxylic acid groups (broad SMARTS) is 1. The van der Waals surface area contributed by atoms with Gasteiger partial charge in [0.2, 0.25) is 5.91 Å². The van der Waals surface area contributed by atoms with Gasteiger partial charge < -0.3 is 10.4 Å². The highest BCUT2D eigenvalue weighted by atomic mass is 32.1. The lowest BCUT2D eigenvalue weighted by molar-refractivity contribution is -0.114. The van der Waals surface area contributed by atoms with Gasteiger partial charge in [-0.05, 0) is 5.56 Å². The van der Waals surface area contributed by atoms with E-state index in [2.05, 4.69) is 10.3 Å². The van der Waals surface area contributed by atoms with Gasteiger partial charge in [-0.15, -0.1) is 0 Å². The number of carbonyl (C=O) groups is 2. The number of anilines is 1. The van der Waals surface area contributed by atoms with Gasteiger partial charge in [0.25, 0.3) is 0 Å². The summed E-state index contributed by atoms with van der Waals surface area (Å²) in [5.41, 5.74) is 1.44. The number of aromatic carboxylic acids is 1. The molecule has 5 nitrogen and oxygen atoms in total. The van der Waals surface area contributed by atoms with Crippen LogP contribution in [-0.2, 0) is 11.2 Å². The van der Waals surface area contributed by atoms with Crippen LogP contribution in [0.5, 0.6) is 0 Å². The molecule has 2 rings (SSSR count). The quantitative estimate of drug-likeness (QED) is 0.898. The topological polar surface area (TPSA) is 79.3 Å². The summed E-state index contributed by atoms with van der Waals surface area (Å²) in [6.45, 7) is 1.36. The summed E-state index contributed by atoms with van der Waals surface area (Å²) < 4.78 is 0. The Hall–Kier alpha value is -2.21. The fraction of sp³-hybridized carbons (Fsp3) is 0.154. The monoisotopic (exact) mass is 276 g/mol. The molecule has 1 heterocycles. The zero-order chi connectivity index (χ0) is 13.8. The summed E-state index contributed by atoms with van der Waals surface area (Å²) in [5.74, 6) is -1.29. The molecule has 0 atom stereocenters. The Morgan fingerprint density at radius 2 is 2.00 bits per heavy atom. The Bertz CT molecular complexity index is 608. The molecule has 1 aromatic carbocycles. The van der Waals surface area contributed by atoms with Gasteiger partial charge in [-0.2, -0.15) is 0 Å². The summed E-state index contributed by atoms with van der Waals surface area (Å²) >= 11 is 0.973. The number of benzene rings is 1. The number of amides is 1. The Kier molecular flexibility index (Phi) is 3.91. The molecule has 0 fully saturated rings. The molecular formula is C13H12N2O3S. The van der Waals surface area contributed by atoms with Crippen LogP contribution in [0, 0.1) is 0 Å². The number of carboxylic acids is 1. The van der Waals surface area contributed by atoms with Gasteiger partial charge >= 0.3 is 5.97 Å². The zero-order valence-corrected chi connectivity index (χ0v) is 11.0. The molecule has 1 amide bonds. The van der Waals surface area contributed by atoms with Crippen molar-refractivity contribution >= 4 is 28.3 Å². The Morgan fingerprint density at radius 1 is 1.32 bits per heavy atom. The first-order valence-electron chi connectivity index (χ1n) is 5.61. The predicted molar refractivity (Wildman–Crippen MR) is 72.6 cm³/mol. The van der Waals surface area contributed by atoms with Gasteiger partial charge in [-0.1, -0.05) is 41.7 Å². The van der Waals surface area contributed by atoms with Crippen LogP contribution in [0.4, 0.5) is 5.13 Å². The van der Waals surface area contributed by atoms with Crippen molar-refractivity contribution in [2.45, 2.75) is 13.3 Å². The van der Waals surface area contributed by atoms with Gasteiger partial charge in [0.1, 0.15) is 4.88 Å². The number of rotatable bonds is 4. The van der Waals surface area contributed by atoms with Crippen LogP contribution in [0.15, 0.2) is 30.3 Å². The first-order valence-corrected chi connectivity index (χ1v) is 6.42. The minimum atomic E-state index is -1.03. The van der Waals surface area contributed by atoms with Crippen molar-refractivity contribution < 1.29 is 14.7 Å². The van der Waals surface area contributed by atoms with Gasteiger partial charge in [-0.3, -0.25) is 4.79 Å². The van der Waals surface area contributed by atoms with E-state index in [9.17, 15) is 9.59 Å². The molecule has 0 aliphatic rings. The van der Waals surface area contributed by atoms with Crippen LogP contribution in [0.1, 0.15) is 27.9 Å². The Morgan fingerprint density at radius 3 is 2.58 bits per heavy atom. The summed E-state index contributed by atoms with van der Waals surface area (Å²) in [4.78, 5) is 26.5. The molecule has 1 aromatic heterocycles. The fourth-order valence-corrected chi connectivity index (χ4v) is 2.50. The number of thiazole rings is 1. The number of nitrogens with zero attached hydrogens (tertiary/aromatic N) is 1. The highest BCUT2D eigenvalue weighted by Gasteiger charge is 2.18. The van der Waals surface area contributed by atoms with Crippen LogP contribution < -0.4 is 5.32 Å². The van der Waals surface area contributed by atoms with Crippen LogP contribution in [0.2, 0.25) is 0 Å². The third-order valence-corrected chi connectivity index (χ3v) is 3.39. The average Bonchev–Trinajstić information content (AvgIpc) is 2.72. The van der Waals surface area contributed by atoms with E-state index in [4.69, 9.17) is 5.11 Å². The van der Waals surface area contributed by atoms with Crippen molar-refractivity contribution in [2.75, 3.05) is 5.32 Å². The lowest BCUT2D eigenvalue weighted by atomic mass is 10.1. The zero-order valence-electron chi connectivity index (χ0n) is 10.2. The second kappa shape index (κ2) is 5.62. The van der Waals surface area contributed by atoms with Crippen LogP contribution >= 0.6 is 11.3 Å². The SMILES string of the molecule is CC(=O)Nc1nc(Cc2ccccc2)c(C(=O)O)s1. The number of carbonyl (C=O) groups excluding carboxylic acids is 1. The van der Waals surface area contributed by atoms with Crippen molar-refractivity contribution in [1.29, 1.82) is 0 Å². The smallest absolute Gasteiger partial charge is 0.347 e. The van der Waals surface area contributed by atoms with Crippen LogP contribution in [0.3, 0.4) is 0 Å². The maximum atomic E-state index is 11.2. The molecule has 0 saturated heterocycles. The molecule has 2 aromatic rings. The molecule has 0 unspecified atom stereocenters. The van der Waals surface area contributed by atoms with E-state index < -0.39 is 5.97 Å². The van der Waals surface area contributed by atoms with E-state index in [-0.39, 0.29) is 10.8 Å².